The molecule has 0 amide bonds. The number of halogens is 1. The first-order valence-electron chi connectivity index (χ1n) is 5.80. The monoisotopic (exact) mass is 249 g/mol. The van der Waals surface area contributed by atoms with Crippen LogP contribution in [0.4, 0.5) is 5.82 Å². The number of nitrogens with zero attached hydrogens (tertiary/aromatic N) is 1. The van der Waals surface area contributed by atoms with Gasteiger partial charge in [-0.2, -0.15) is 0 Å². The number of hydrogen-bond donors (Lipinski definition) is 2. The van der Waals surface area contributed by atoms with E-state index in [2.05, 4.69) is 22.5 Å². The van der Waals surface area contributed by atoms with E-state index in [1.165, 1.54) is 0 Å². The smallest absolute Gasteiger partial charge is 0.133 e. The van der Waals surface area contributed by atoms with Crippen molar-refractivity contribution in [2.45, 2.75) is 6.92 Å². The van der Waals surface area contributed by atoms with Crippen LogP contribution in [0.15, 0.2) is 30.5 Å². The minimum Gasteiger partial charge on any atom is -0.368 e. The highest BCUT2D eigenvalue weighted by Crippen LogP contribution is 2.23. The number of fused-ring (bicyclic) bond motifs is 1. The molecule has 2 N–H and O–H groups in total. The highest BCUT2D eigenvalue weighted by Gasteiger charge is 2.01. The van der Waals surface area contributed by atoms with Crippen molar-refractivity contribution in [2.75, 3.05) is 25.0 Å². The van der Waals surface area contributed by atoms with Gasteiger partial charge < -0.3 is 10.6 Å². The molecular formula is C13H16ClN3. The predicted molar refractivity (Wildman–Crippen MR) is 73.8 cm³/mol. The van der Waals surface area contributed by atoms with Crippen molar-refractivity contribution in [3.05, 3.63) is 35.5 Å². The van der Waals surface area contributed by atoms with Crippen molar-refractivity contribution in [2.24, 2.45) is 0 Å². The van der Waals surface area contributed by atoms with E-state index >= 15 is 0 Å². The zero-order chi connectivity index (χ0) is 12.1. The van der Waals surface area contributed by atoms with Crippen molar-refractivity contribution in [3.8, 4) is 0 Å². The maximum absolute atomic E-state index is 5.97. The third kappa shape index (κ3) is 3.08. The first-order valence-corrected chi connectivity index (χ1v) is 6.18. The molecule has 0 fully saturated rings. The Balaban J connectivity index is 2.16. The van der Waals surface area contributed by atoms with Gasteiger partial charge in [0, 0.05) is 29.7 Å². The van der Waals surface area contributed by atoms with Crippen LogP contribution in [-0.4, -0.2) is 24.6 Å². The van der Waals surface area contributed by atoms with Crippen molar-refractivity contribution in [1.29, 1.82) is 0 Å². The number of rotatable bonds is 5. The van der Waals surface area contributed by atoms with Gasteiger partial charge in [0.2, 0.25) is 0 Å². The molecule has 0 saturated carbocycles. The number of pyridine rings is 1. The molecule has 0 radical (unpaired) electrons. The molecule has 1 aromatic heterocycles. The van der Waals surface area contributed by atoms with Gasteiger partial charge in [0.1, 0.15) is 5.82 Å². The number of hydrogen-bond acceptors (Lipinski definition) is 3. The maximum atomic E-state index is 5.97. The molecular weight excluding hydrogens is 234 g/mol. The minimum absolute atomic E-state index is 0.752. The van der Waals surface area contributed by atoms with Gasteiger partial charge in [-0.05, 0) is 36.2 Å². The highest BCUT2D eigenvalue weighted by atomic mass is 35.5. The molecule has 0 unspecified atom stereocenters. The topological polar surface area (TPSA) is 37.0 Å². The largest absolute Gasteiger partial charge is 0.368 e. The summed E-state index contributed by atoms with van der Waals surface area (Å²) in [7, 11) is 0. The van der Waals surface area contributed by atoms with Gasteiger partial charge in [-0.15, -0.1) is 0 Å². The molecule has 2 aromatic rings. The zero-order valence-corrected chi connectivity index (χ0v) is 10.6. The third-order valence-electron chi connectivity index (χ3n) is 2.57. The summed E-state index contributed by atoms with van der Waals surface area (Å²) in [5.41, 5.74) is 0. The van der Waals surface area contributed by atoms with E-state index < -0.39 is 0 Å². The predicted octanol–water partition coefficient (Wildman–Crippen LogP) is 2.91. The van der Waals surface area contributed by atoms with Crippen LogP contribution in [0.25, 0.3) is 10.8 Å². The van der Waals surface area contributed by atoms with E-state index in [1.807, 2.05) is 24.3 Å². The Bertz CT molecular complexity index is 499. The number of likely N-dealkylation sites (N-methyl/N-ethyl adjacent to an activating group) is 1. The van der Waals surface area contributed by atoms with Crippen LogP contribution in [0, 0.1) is 0 Å². The SMILES string of the molecule is CCNCCNc1nccc2cc(Cl)ccc12. The first-order chi connectivity index (χ1) is 8.31. The van der Waals surface area contributed by atoms with Gasteiger partial charge >= 0.3 is 0 Å². The molecule has 0 atom stereocenters. The number of aromatic nitrogens is 1. The van der Waals surface area contributed by atoms with E-state index in [1.54, 1.807) is 6.20 Å². The summed E-state index contributed by atoms with van der Waals surface area (Å²) in [4.78, 5) is 4.35. The van der Waals surface area contributed by atoms with E-state index in [0.29, 0.717) is 0 Å². The molecule has 0 saturated heterocycles. The van der Waals surface area contributed by atoms with Crippen molar-refractivity contribution >= 4 is 28.2 Å². The first kappa shape index (κ1) is 12.1. The number of nitrogens with one attached hydrogen (secondary N) is 2. The average Bonchev–Trinajstić information content (AvgIpc) is 2.34. The Labute approximate surface area is 106 Å². The van der Waals surface area contributed by atoms with E-state index in [-0.39, 0.29) is 0 Å². The lowest BCUT2D eigenvalue weighted by atomic mass is 10.1. The Morgan fingerprint density at radius 1 is 1.24 bits per heavy atom. The fourth-order valence-electron chi connectivity index (χ4n) is 1.74. The molecule has 0 aliphatic carbocycles. The van der Waals surface area contributed by atoms with Crippen LogP contribution < -0.4 is 10.6 Å². The summed E-state index contributed by atoms with van der Waals surface area (Å²) < 4.78 is 0. The standard InChI is InChI=1S/C13H16ClN3/c1-2-15-7-8-17-13-12-4-3-11(14)9-10(12)5-6-16-13/h3-6,9,15H,2,7-8H2,1H3,(H,16,17). The van der Waals surface area contributed by atoms with Crippen LogP contribution in [0.3, 0.4) is 0 Å². The zero-order valence-electron chi connectivity index (χ0n) is 9.83. The molecule has 3 nitrogen and oxygen atoms in total. The molecule has 4 heteroatoms. The molecule has 1 aromatic carbocycles. The van der Waals surface area contributed by atoms with Gasteiger partial charge in [0.25, 0.3) is 0 Å². The lowest BCUT2D eigenvalue weighted by Gasteiger charge is -2.09. The van der Waals surface area contributed by atoms with Crippen molar-refractivity contribution in [1.82, 2.24) is 10.3 Å². The lowest BCUT2D eigenvalue weighted by Crippen LogP contribution is -2.21. The van der Waals surface area contributed by atoms with Gasteiger partial charge in [-0.3, -0.25) is 0 Å². The van der Waals surface area contributed by atoms with Gasteiger partial charge in [-0.1, -0.05) is 18.5 Å². The van der Waals surface area contributed by atoms with Crippen LogP contribution in [0.5, 0.6) is 0 Å². The second kappa shape index (κ2) is 5.84. The van der Waals surface area contributed by atoms with Crippen LogP contribution in [0.2, 0.25) is 5.02 Å². The maximum Gasteiger partial charge on any atom is 0.133 e. The quantitative estimate of drug-likeness (QED) is 0.800. The third-order valence-corrected chi connectivity index (χ3v) is 2.81. The van der Waals surface area contributed by atoms with E-state index in [0.717, 1.165) is 41.2 Å². The summed E-state index contributed by atoms with van der Waals surface area (Å²) in [5.74, 6) is 0.914. The molecule has 2 rings (SSSR count). The van der Waals surface area contributed by atoms with Crippen LogP contribution in [-0.2, 0) is 0 Å². The van der Waals surface area contributed by atoms with Gasteiger partial charge in [-0.25, -0.2) is 4.98 Å². The lowest BCUT2D eigenvalue weighted by molar-refractivity contribution is 0.738. The number of anilines is 1. The Morgan fingerprint density at radius 3 is 2.94 bits per heavy atom. The second-order valence-corrected chi connectivity index (χ2v) is 4.24. The number of benzene rings is 1. The Morgan fingerprint density at radius 2 is 2.12 bits per heavy atom. The van der Waals surface area contributed by atoms with Crippen LogP contribution >= 0.6 is 11.6 Å². The highest BCUT2D eigenvalue weighted by molar-refractivity contribution is 6.31. The summed E-state index contributed by atoms with van der Waals surface area (Å²) in [6.45, 7) is 4.88. The van der Waals surface area contributed by atoms with Gasteiger partial charge in [0.05, 0.1) is 0 Å². The molecule has 0 aliphatic heterocycles. The fraction of sp³-hybridized carbons (Fsp3) is 0.308. The van der Waals surface area contributed by atoms with Gasteiger partial charge in [0.15, 0.2) is 0 Å². The minimum atomic E-state index is 0.752. The summed E-state index contributed by atoms with van der Waals surface area (Å²) >= 11 is 5.97. The van der Waals surface area contributed by atoms with Crippen molar-refractivity contribution < 1.29 is 0 Å². The fourth-order valence-corrected chi connectivity index (χ4v) is 1.92. The molecule has 0 aliphatic rings. The Kier molecular flexibility index (Phi) is 4.18. The summed E-state index contributed by atoms with van der Waals surface area (Å²) in [6, 6.07) is 7.81. The summed E-state index contributed by atoms with van der Waals surface area (Å²) in [6.07, 6.45) is 1.80. The molecule has 17 heavy (non-hydrogen) atoms. The molecule has 90 valence electrons. The molecule has 1 heterocycles. The van der Waals surface area contributed by atoms with E-state index in [9.17, 15) is 0 Å². The molecule has 0 bridgehead atoms. The van der Waals surface area contributed by atoms with Crippen molar-refractivity contribution in [3.63, 3.8) is 0 Å². The van der Waals surface area contributed by atoms with E-state index in [4.69, 9.17) is 11.6 Å². The Hall–Kier alpha value is -1.32. The normalized spacial score (nSPS) is 10.7. The summed E-state index contributed by atoms with van der Waals surface area (Å²) in [5, 5.41) is 9.56. The molecule has 0 spiro atoms. The van der Waals surface area contributed by atoms with Crippen LogP contribution in [0.1, 0.15) is 6.92 Å². The second-order valence-electron chi connectivity index (χ2n) is 3.81. The average molecular weight is 250 g/mol.